The number of nitrogens with one attached hydrogen (secondary N) is 1. The summed E-state index contributed by atoms with van der Waals surface area (Å²) in [5.41, 5.74) is 3.12. The lowest BCUT2D eigenvalue weighted by atomic mass is 9.82. The Hall–Kier alpha value is -0.770. The van der Waals surface area contributed by atoms with E-state index in [0.29, 0.717) is 13.2 Å². The first-order valence-electron chi connectivity index (χ1n) is 8.82. The molecular formula is C20H34ClNO2. The van der Waals surface area contributed by atoms with Crippen molar-refractivity contribution in [2.24, 2.45) is 5.41 Å². The lowest BCUT2D eigenvalue weighted by Crippen LogP contribution is -2.46. The van der Waals surface area contributed by atoms with E-state index >= 15 is 0 Å². The van der Waals surface area contributed by atoms with E-state index < -0.39 is 6.10 Å². The molecule has 1 aromatic carbocycles. The largest absolute Gasteiger partial charge is 0.491 e. The first-order valence-corrected chi connectivity index (χ1v) is 8.82. The minimum atomic E-state index is -0.498. The van der Waals surface area contributed by atoms with Gasteiger partial charge in [-0.25, -0.2) is 0 Å². The van der Waals surface area contributed by atoms with Crippen LogP contribution in [0.4, 0.5) is 0 Å². The maximum atomic E-state index is 10.2. The van der Waals surface area contributed by atoms with E-state index in [1.807, 2.05) is 6.07 Å². The van der Waals surface area contributed by atoms with Gasteiger partial charge >= 0.3 is 0 Å². The van der Waals surface area contributed by atoms with Crippen molar-refractivity contribution in [3.05, 3.63) is 29.3 Å². The van der Waals surface area contributed by atoms with Crippen molar-refractivity contribution in [1.82, 2.24) is 5.32 Å². The average Bonchev–Trinajstić information content (AvgIpc) is 2.88. The summed E-state index contributed by atoms with van der Waals surface area (Å²) in [5, 5.41) is 13.6. The van der Waals surface area contributed by atoms with Gasteiger partial charge in [-0.15, -0.1) is 12.4 Å². The van der Waals surface area contributed by atoms with Crippen molar-refractivity contribution < 1.29 is 9.84 Å². The summed E-state index contributed by atoms with van der Waals surface area (Å²) in [4.78, 5) is 0. The summed E-state index contributed by atoms with van der Waals surface area (Å²) < 4.78 is 5.77. The highest BCUT2D eigenvalue weighted by molar-refractivity contribution is 5.85. The molecule has 0 fully saturated rings. The molecule has 138 valence electrons. The topological polar surface area (TPSA) is 41.5 Å². The third kappa shape index (κ3) is 7.00. The van der Waals surface area contributed by atoms with Crippen LogP contribution in [0.3, 0.4) is 0 Å². The van der Waals surface area contributed by atoms with E-state index in [2.05, 4.69) is 52.1 Å². The predicted octanol–water partition coefficient (Wildman–Crippen LogP) is 4.14. The number of β-amino-alcohol motifs (C(OH)–C–C–N with tert-alkyl or cyclic N) is 1. The molecule has 0 heterocycles. The van der Waals surface area contributed by atoms with Gasteiger partial charge in [0.2, 0.25) is 0 Å². The molecule has 1 aromatic rings. The molecule has 1 atom stereocenters. The summed E-state index contributed by atoms with van der Waals surface area (Å²) in [6, 6.07) is 6.31. The summed E-state index contributed by atoms with van der Waals surface area (Å²) in [6.07, 6.45) is 4.14. The normalized spacial score (nSPS) is 15.6. The van der Waals surface area contributed by atoms with Gasteiger partial charge in [0, 0.05) is 12.1 Å². The van der Waals surface area contributed by atoms with E-state index in [4.69, 9.17) is 4.74 Å². The van der Waals surface area contributed by atoms with Gasteiger partial charge in [-0.2, -0.15) is 0 Å². The van der Waals surface area contributed by atoms with Crippen molar-refractivity contribution in [1.29, 1.82) is 0 Å². The molecule has 0 amide bonds. The molecule has 0 aliphatic heterocycles. The van der Waals surface area contributed by atoms with Crippen LogP contribution in [0, 0.1) is 5.41 Å². The lowest BCUT2D eigenvalue weighted by molar-refractivity contribution is 0.0944. The Morgan fingerprint density at radius 1 is 1.12 bits per heavy atom. The van der Waals surface area contributed by atoms with Crippen LogP contribution in [0.15, 0.2) is 18.2 Å². The molecule has 1 aliphatic carbocycles. The van der Waals surface area contributed by atoms with Crippen LogP contribution in [0.25, 0.3) is 0 Å². The zero-order chi connectivity index (χ0) is 17.1. The maximum Gasteiger partial charge on any atom is 0.119 e. The van der Waals surface area contributed by atoms with Gasteiger partial charge in [-0.05, 0) is 68.2 Å². The highest BCUT2D eigenvalue weighted by Crippen LogP contribution is 2.27. The van der Waals surface area contributed by atoms with Crippen molar-refractivity contribution in [2.75, 3.05) is 13.2 Å². The van der Waals surface area contributed by atoms with Gasteiger partial charge in [0.25, 0.3) is 0 Å². The molecule has 2 rings (SSSR count). The lowest BCUT2D eigenvalue weighted by Gasteiger charge is -2.34. The minimum Gasteiger partial charge on any atom is -0.491 e. The number of ether oxygens (including phenoxy) is 1. The van der Waals surface area contributed by atoms with E-state index in [1.54, 1.807) is 0 Å². The number of rotatable bonds is 7. The molecule has 2 N–H and O–H groups in total. The predicted molar refractivity (Wildman–Crippen MR) is 103 cm³/mol. The van der Waals surface area contributed by atoms with Crippen molar-refractivity contribution in [2.45, 2.75) is 71.9 Å². The van der Waals surface area contributed by atoms with Crippen LogP contribution in [-0.2, 0) is 12.8 Å². The Bertz CT molecular complexity index is 523. The monoisotopic (exact) mass is 355 g/mol. The molecule has 3 nitrogen and oxygen atoms in total. The number of aliphatic hydroxyl groups is 1. The molecule has 0 radical (unpaired) electrons. The zero-order valence-electron chi connectivity index (χ0n) is 15.8. The number of aliphatic hydroxyl groups excluding tert-OH is 1. The van der Waals surface area contributed by atoms with Gasteiger partial charge < -0.3 is 15.2 Å². The molecule has 0 spiro atoms. The van der Waals surface area contributed by atoms with Crippen LogP contribution in [0.5, 0.6) is 5.75 Å². The Morgan fingerprint density at radius 3 is 2.46 bits per heavy atom. The smallest absolute Gasteiger partial charge is 0.119 e. The quantitative estimate of drug-likeness (QED) is 0.772. The summed E-state index contributed by atoms with van der Waals surface area (Å²) >= 11 is 0. The van der Waals surface area contributed by atoms with E-state index in [-0.39, 0.29) is 23.4 Å². The fraction of sp³-hybridized carbons (Fsp3) is 0.700. The van der Waals surface area contributed by atoms with Crippen molar-refractivity contribution >= 4 is 12.4 Å². The Balaban J connectivity index is 0.00000288. The number of hydrogen-bond donors (Lipinski definition) is 2. The average molecular weight is 356 g/mol. The fourth-order valence-corrected chi connectivity index (χ4v) is 3.67. The molecule has 0 bridgehead atoms. The summed E-state index contributed by atoms with van der Waals surface area (Å²) in [6.45, 7) is 12.0. The minimum absolute atomic E-state index is 0. The Labute approximate surface area is 153 Å². The Morgan fingerprint density at radius 2 is 1.79 bits per heavy atom. The number of hydrogen-bond acceptors (Lipinski definition) is 3. The molecule has 1 unspecified atom stereocenters. The van der Waals surface area contributed by atoms with Crippen LogP contribution in [0.1, 0.15) is 58.6 Å². The van der Waals surface area contributed by atoms with Crippen molar-refractivity contribution in [3.63, 3.8) is 0 Å². The van der Waals surface area contributed by atoms with Gasteiger partial charge in [0.15, 0.2) is 0 Å². The fourth-order valence-electron chi connectivity index (χ4n) is 3.67. The van der Waals surface area contributed by atoms with E-state index in [0.717, 1.165) is 18.6 Å². The number of aryl methyl sites for hydroxylation is 2. The summed E-state index contributed by atoms with van der Waals surface area (Å²) in [7, 11) is 0. The van der Waals surface area contributed by atoms with E-state index in [9.17, 15) is 5.11 Å². The molecule has 1 aliphatic rings. The van der Waals surface area contributed by atoms with Gasteiger partial charge in [0.05, 0.1) is 0 Å². The SMILES string of the molecule is CC(C)(C)CC(C)(C)NCC(O)COc1ccc2c(c1)CCC2.Cl. The van der Waals surface area contributed by atoms with Crippen LogP contribution >= 0.6 is 12.4 Å². The number of fused-ring (bicyclic) bond motifs is 1. The standard InChI is InChI=1S/C20H33NO2.ClH/c1-19(2,3)14-20(4,5)21-12-17(22)13-23-18-10-9-15-7-6-8-16(15)11-18;/h9-11,17,21-22H,6-8,12-14H2,1-5H3;1H. The molecule has 0 saturated carbocycles. The van der Waals surface area contributed by atoms with Crippen LogP contribution in [0.2, 0.25) is 0 Å². The van der Waals surface area contributed by atoms with Crippen molar-refractivity contribution in [3.8, 4) is 5.75 Å². The third-order valence-electron chi connectivity index (χ3n) is 4.30. The molecule has 0 saturated heterocycles. The third-order valence-corrected chi connectivity index (χ3v) is 4.30. The second-order valence-corrected chi connectivity index (χ2v) is 8.75. The first kappa shape index (κ1) is 21.3. The molecule has 0 aromatic heterocycles. The molecule has 24 heavy (non-hydrogen) atoms. The van der Waals surface area contributed by atoms with Crippen LogP contribution in [-0.4, -0.2) is 29.9 Å². The van der Waals surface area contributed by atoms with Crippen LogP contribution < -0.4 is 10.1 Å². The Kier molecular flexibility index (Phi) is 7.58. The zero-order valence-corrected chi connectivity index (χ0v) is 16.6. The molecular weight excluding hydrogens is 322 g/mol. The van der Waals surface area contributed by atoms with Gasteiger partial charge in [0.1, 0.15) is 18.5 Å². The summed E-state index contributed by atoms with van der Waals surface area (Å²) in [5.74, 6) is 0.874. The highest BCUT2D eigenvalue weighted by Gasteiger charge is 2.25. The van der Waals surface area contributed by atoms with Gasteiger partial charge in [-0.1, -0.05) is 26.8 Å². The second kappa shape index (κ2) is 8.55. The van der Waals surface area contributed by atoms with E-state index in [1.165, 1.54) is 24.0 Å². The second-order valence-electron chi connectivity index (χ2n) is 8.75. The highest BCUT2D eigenvalue weighted by atomic mass is 35.5. The maximum absolute atomic E-state index is 10.2. The first-order chi connectivity index (χ1) is 10.6. The number of benzene rings is 1. The number of halogens is 1. The molecule has 4 heteroatoms. The van der Waals surface area contributed by atoms with Gasteiger partial charge in [-0.3, -0.25) is 0 Å².